The van der Waals surface area contributed by atoms with Crippen molar-refractivity contribution in [2.75, 3.05) is 19.8 Å². The first-order chi connectivity index (χ1) is 9.96. The van der Waals surface area contributed by atoms with Crippen molar-refractivity contribution in [2.24, 2.45) is 11.1 Å². The maximum absolute atomic E-state index is 12.4. The van der Waals surface area contributed by atoms with Gasteiger partial charge in [-0.15, -0.1) is 11.3 Å². The number of hydrogen-bond donors (Lipinski definition) is 2. The van der Waals surface area contributed by atoms with Gasteiger partial charge in [0.25, 0.3) is 5.91 Å². The van der Waals surface area contributed by atoms with Crippen LogP contribution in [0.5, 0.6) is 0 Å². The molecule has 1 aromatic rings. The molecule has 1 saturated heterocycles. The van der Waals surface area contributed by atoms with Gasteiger partial charge in [-0.2, -0.15) is 0 Å². The molecule has 0 bridgehead atoms. The molecule has 1 aromatic heterocycles. The van der Waals surface area contributed by atoms with Gasteiger partial charge in [0.1, 0.15) is 0 Å². The SMILES string of the molecule is CC(C)c1ccsc1C(=O)NCC1(C(N)=O)CCOCC1. The minimum Gasteiger partial charge on any atom is -0.381 e. The summed E-state index contributed by atoms with van der Waals surface area (Å²) in [4.78, 5) is 24.8. The maximum atomic E-state index is 12.4. The number of rotatable bonds is 5. The smallest absolute Gasteiger partial charge is 0.261 e. The van der Waals surface area contributed by atoms with E-state index in [1.807, 2.05) is 11.4 Å². The highest BCUT2D eigenvalue weighted by Crippen LogP contribution is 2.30. The lowest BCUT2D eigenvalue weighted by Crippen LogP contribution is -2.49. The van der Waals surface area contributed by atoms with Gasteiger partial charge in [-0.05, 0) is 35.8 Å². The van der Waals surface area contributed by atoms with E-state index in [4.69, 9.17) is 10.5 Å². The number of hydrogen-bond acceptors (Lipinski definition) is 4. The number of nitrogens with one attached hydrogen (secondary N) is 1. The molecule has 2 rings (SSSR count). The third-order valence-electron chi connectivity index (χ3n) is 4.08. The Balaban J connectivity index is 2.05. The number of carbonyl (C=O) groups is 2. The molecule has 1 fully saturated rings. The van der Waals surface area contributed by atoms with E-state index in [1.54, 1.807) is 0 Å². The molecule has 6 heteroatoms. The number of thiophene rings is 1. The highest BCUT2D eigenvalue weighted by molar-refractivity contribution is 7.12. The zero-order valence-electron chi connectivity index (χ0n) is 12.5. The predicted molar refractivity (Wildman–Crippen MR) is 82.4 cm³/mol. The molecule has 116 valence electrons. The Kier molecular flexibility index (Phi) is 5.00. The summed E-state index contributed by atoms with van der Waals surface area (Å²) in [6, 6.07) is 1.97. The van der Waals surface area contributed by atoms with E-state index in [0.717, 1.165) is 10.4 Å². The fourth-order valence-electron chi connectivity index (χ4n) is 2.56. The summed E-state index contributed by atoms with van der Waals surface area (Å²) < 4.78 is 5.29. The van der Waals surface area contributed by atoms with Gasteiger partial charge >= 0.3 is 0 Å². The molecule has 0 saturated carbocycles. The topological polar surface area (TPSA) is 81.4 Å². The zero-order valence-corrected chi connectivity index (χ0v) is 13.3. The molecule has 3 N–H and O–H groups in total. The Hall–Kier alpha value is -1.40. The number of nitrogens with two attached hydrogens (primary N) is 1. The lowest BCUT2D eigenvalue weighted by Gasteiger charge is -2.34. The van der Waals surface area contributed by atoms with Crippen LogP contribution in [0.3, 0.4) is 0 Å². The maximum Gasteiger partial charge on any atom is 0.261 e. The fourth-order valence-corrected chi connectivity index (χ4v) is 3.53. The third-order valence-corrected chi connectivity index (χ3v) is 5.01. The molecule has 0 unspecified atom stereocenters. The quantitative estimate of drug-likeness (QED) is 0.871. The van der Waals surface area contributed by atoms with Crippen molar-refractivity contribution in [3.8, 4) is 0 Å². The molecule has 0 spiro atoms. The lowest BCUT2D eigenvalue weighted by molar-refractivity contribution is -0.132. The molecule has 2 amide bonds. The second kappa shape index (κ2) is 6.58. The third kappa shape index (κ3) is 3.44. The van der Waals surface area contributed by atoms with E-state index in [9.17, 15) is 9.59 Å². The van der Waals surface area contributed by atoms with E-state index < -0.39 is 5.41 Å². The average molecular weight is 310 g/mol. The Morgan fingerprint density at radius 2 is 2.10 bits per heavy atom. The molecule has 1 aliphatic rings. The van der Waals surface area contributed by atoms with Crippen LogP contribution in [0, 0.1) is 5.41 Å². The van der Waals surface area contributed by atoms with E-state index >= 15 is 0 Å². The summed E-state index contributed by atoms with van der Waals surface area (Å²) in [6.45, 7) is 5.41. The van der Waals surface area contributed by atoms with Gasteiger partial charge in [0.05, 0.1) is 10.3 Å². The molecule has 21 heavy (non-hydrogen) atoms. The van der Waals surface area contributed by atoms with Gasteiger partial charge in [0.2, 0.25) is 5.91 Å². The van der Waals surface area contributed by atoms with E-state index in [-0.39, 0.29) is 18.4 Å². The summed E-state index contributed by atoms with van der Waals surface area (Å²) >= 11 is 1.43. The monoisotopic (exact) mass is 310 g/mol. The molecule has 0 aromatic carbocycles. The molecule has 5 nitrogen and oxygen atoms in total. The summed E-state index contributed by atoms with van der Waals surface area (Å²) in [5.41, 5.74) is 5.90. The number of carbonyl (C=O) groups excluding carboxylic acids is 2. The van der Waals surface area contributed by atoms with Gasteiger partial charge in [0.15, 0.2) is 0 Å². The van der Waals surface area contributed by atoms with Crippen LogP contribution in [-0.4, -0.2) is 31.6 Å². The van der Waals surface area contributed by atoms with Gasteiger partial charge in [-0.25, -0.2) is 0 Å². The predicted octanol–water partition coefficient (Wildman–Crippen LogP) is 1.88. The Morgan fingerprint density at radius 3 is 2.67 bits per heavy atom. The van der Waals surface area contributed by atoms with Crippen molar-refractivity contribution >= 4 is 23.2 Å². The van der Waals surface area contributed by atoms with Crippen LogP contribution >= 0.6 is 11.3 Å². The summed E-state index contributed by atoms with van der Waals surface area (Å²) in [7, 11) is 0. The molecular formula is C15H22N2O3S. The van der Waals surface area contributed by atoms with Crippen molar-refractivity contribution in [2.45, 2.75) is 32.6 Å². The van der Waals surface area contributed by atoms with E-state index in [1.165, 1.54) is 11.3 Å². The first kappa shape index (κ1) is 16.0. The summed E-state index contributed by atoms with van der Waals surface area (Å²) in [6.07, 6.45) is 1.12. The van der Waals surface area contributed by atoms with Crippen molar-refractivity contribution in [3.05, 3.63) is 21.9 Å². The van der Waals surface area contributed by atoms with Crippen LogP contribution in [0.2, 0.25) is 0 Å². The number of amides is 2. The summed E-state index contributed by atoms with van der Waals surface area (Å²) in [5.74, 6) is -0.188. The molecule has 0 radical (unpaired) electrons. The minimum atomic E-state index is -0.677. The largest absolute Gasteiger partial charge is 0.381 e. The first-order valence-corrected chi connectivity index (χ1v) is 8.07. The number of primary amides is 1. The van der Waals surface area contributed by atoms with Crippen LogP contribution in [0.25, 0.3) is 0 Å². The van der Waals surface area contributed by atoms with E-state index in [2.05, 4.69) is 19.2 Å². The van der Waals surface area contributed by atoms with Gasteiger partial charge in [0, 0.05) is 19.8 Å². The highest BCUT2D eigenvalue weighted by Gasteiger charge is 2.38. The number of ether oxygens (including phenoxy) is 1. The molecule has 1 aliphatic heterocycles. The van der Waals surface area contributed by atoms with Gasteiger partial charge in [-0.1, -0.05) is 13.8 Å². The molecule has 0 aliphatic carbocycles. The normalized spacial score (nSPS) is 17.7. The molecular weight excluding hydrogens is 288 g/mol. The Labute approximate surface area is 128 Å². The standard InChI is InChI=1S/C15H22N2O3S/c1-10(2)11-3-8-21-12(11)13(18)17-9-15(14(16)19)4-6-20-7-5-15/h3,8,10H,4-7,9H2,1-2H3,(H2,16,19)(H,17,18). The van der Waals surface area contributed by atoms with E-state index in [0.29, 0.717) is 32.0 Å². The van der Waals surface area contributed by atoms with Crippen molar-refractivity contribution in [1.82, 2.24) is 5.32 Å². The fraction of sp³-hybridized carbons (Fsp3) is 0.600. The lowest BCUT2D eigenvalue weighted by atomic mass is 9.79. The first-order valence-electron chi connectivity index (χ1n) is 7.19. The Morgan fingerprint density at radius 1 is 1.43 bits per heavy atom. The van der Waals surface area contributed by atoms with Crippen LogP contribution in [0.4, 0.5) is 0 Å². The van der Waals surface area contributed by atoms with Crippen molar-refractivity contribution < 1.29 is 14.3 Å². The molecule has 2 heterocycles. The Bertz CT molecular complexity index is 519. The van der Waals surface area contributed by atoms with Crippen LogP contribution in [0.1, 0.15) is 47.8 Å². The zero-order chi connectivity index (χ0) is 15.5. The second-order valence-corrected chi connectivity index (χ2v) is 6.72. The van der Waals surface area contributed by atoms with Crippen LogP contribution < -0.4 is 11.1 Å². The second-order valence-electron chi connectivity index (χ2n) is 5.80. The molecule has 0 atom stereocenters. The average Bonchev–Trinajstić information content (AvgIpc) is 2.95. The minimum absolute atomic E-state index is 0.124. The van der Waals surface area contributed by atoms with Crippen molar-refractivity contribution in [1.29, 1.82) is 0 Å². The van der Waals surface area contributed by atoms with Crippen LogP contribution in [0.15, 0.2) is 11.4 Å². The van der Waals surface area contributed by atoms with Gasteiger partial charge < -0.3 is 15.8 Å². The van der Waals surface area contributed by atoms with Crippen molar-refractivity contribution in [3.63, 3.8) is 0 Å². The highest BCUT2D eigenvalue weighted by atomic mass is 32.1. The summed E-state index contributed by atoms with van der Waals surface area (Å²) in [5, 5.41) is 4.81. The van der Waals surface area contributed by atoms with Crippen LogP contribution in [-0.2, 0) is 9.53 Å². The van der Waals surface area contributed by atoms with Gasteiger partial charge in [-0.3, -0.25) is 9.59 Å².